The monoisotopic (exact) mass is 534 g/mol. The summed E-state index contributed by atoms with van der Waals surface area (Å²) in [6.07, 6.45) is 1.16. The van der Waals surface area contributed by atoms with Crippen LogP contribution in [0.3, 0.4) is 0 Å². The number of halogens is 2. The zero-order valence-corrected chi connectivity index (χ0v) is 21.1. The summed E-state index contributed by atoms with van der Waals surface area (Å²) >= 11 is 5.67. The summed E-state index contributed by atoms with van der Waals surface area (Å²) in [5.74, 6) is -1.64. The highest BCUT2D eigenvalue weighted by Gasteiger charge is 2.44. The summed E-state index contributed by atoms with van der Waals surface area (Å²) < 4.78 is 26.8. The molecule has 0 aliphatic carbocycles. The van der Waals surface area contributed by atoms with Crippen molar-refractivity contribution in [2.24, 2.45) is 0 Å². The molecule has 1 atom stereocenters. The summed E-state index contributed by atoms with van der Waals surface area (Å²) in [5.41, 5.74) is 2.44. The van der Waals surface area contributed by atoms with E-state index in [9.17, 15) is 23.2 Å². The Bertz CT molecular complexity index is 1380. The number of carbonyl (C=O) groups is 3. The summed E-state index contributed by atoms with van der Waals surface area (Å²) in [5, 5.41) is 2.88. The zero-order valence-electron chi connectivity index (χ0n) is 20.3. The van der Waals surface area contributed by atoms with Crippen LogP contribution in [0, 0.1) is 11.6 Å². The number of thiocarbonyl (C=S) groups is 1. The van der Waals surface area contributed by atoms with Crippen LogP contribution >= 0.6 is 12.2 Å². The predicted molar refractivity (Wildman–Crippen MR) is 143 cm³/mol. The minimum atomic E-state index is -0.909. The lowest BCUT2D eigenvalue weighted by molar-refractivity contribution is -0.124. The first-order valence-corrected chi connectivity index (χ1v) is 12.6. The van der Waals surface area contributed by atoms with E-state index >= 15 is 0 Å². The molecule has 3 aromatic rings. The minimum absolute atomic E-state index is 0.0891. The van der Waals surface area contributed by atoms with Gasteiger partial charge in [-0.15, -0.1) is 0 Å². The number of hydrogen-bond acceptors (Lipinski definition) is 4. The molecule has 2 saturated heterocycles. The van der Waals surface area contributed by atoms with Gasteiger partial charge in [-0.3, -0.25) is 19.3 Å². The van der Waals surface area contributed by atoms with Gasteiger partial charge in [0.15, 0.2) is 5.11 Å². The van der Waals surface area contributed by atoms with E-state index < -0.39 is 29.5 Å². The van der Waals surface area contributed by atoms with Gasteiger partial charge in [0.2, 0.25) is 11.8 Å². The quantitative estimate of drug-likeness (QED) is 0.448. The van der Waals surface area contributed by atoms with Crippen molar-refractivity contribution < 1.29 is 23.2 Å². The van der Waals surface area contributed by atoms with Crippen LogP contribution in [0.4, 0.5) is 25.8 Å². The van der Waals surface area contributed by atoms with Crippen molar-refractivity contribution in [3.8, 4) is 0 Å². The lowest BCUT2D eigenvalue weighted by Gasteiger charge is -2.24. The first kappa shape index (κ1) is 25.5. The lowest BCUT2D eigenvalue weighted by Crippen LogP contribution is -2.37. The van der Waals surface area contributed by atoms with Crippen LogP contribution in [-0.4, -0.2) is 40.3 Å². The van der Waals surface area contributed by atoms with Crippen LogP contribution in [-0.2, 0) is 20.9 Å². The molecule has 2 aliphatic heterocycles. The van der Waals surface area contributed by atoms with Gasteiger partial charge in [0.25, 0.3) is 5.91 Å². The van der Waals surface area contributed by atoms with Crippen molar-refractivity contribution in [1.29, 1.82) is 0 Å². The van der Waals surface area contributed by atoms with Crippen LogP contribution in [0.5, 0.6) is 0 Å². The van der Waals surface area contributed by atoms with Crippen molar-refractivity contribution in [3.63, 3.8) is 0 Å². The molecule has 0 saturated carbocycles. The average molecular weight is 535 g/mol. The summed E-state index contributed by atoms with van der Waals surface area (Å²) in [4.78, 5) is 43.2. The van der Waals surface area contributed by atoms with E-state index in [1.807, 2.05) is 24.3 Å². The smallest absolute Gasteiger partial charge is 0.256 e. The molecule has 2 fully saturated rings. The Hall–Kier alpha value is -4.18. The molecule has 38 heavy (non-hydrogen) atoms. The maximum atomic E-state index is 13.5. The molecular formula is C28H24F2N4O3S. The molecule has 10 heteroatoms. The number of anilines is 3. The Morgan fingerprint density at radius 3 is 2.11 bits per heavy atom. The zero-order chi connectivity index (χ0) is 26.8. The first-order valence-electron chi connectivity index (χ1n) is 12.1. The molecule has 3 amide bonds. The summed E-state index contributed by atoms with van der Waals surface area (Å²) in [6.45, 7) is 0.922. The number of hydrogen-bond donors (Lipinski definition) is 1. The highest BCUT2D eigenvalue weighted by atomic mass is 32.1. The Balaban J connectivity index is 1.38. The van der Waals surface area contributed by atoms with Gasteiger partial charge in [-0.05, 0) is 84.9 Å². The molecule has 3 aromatic carbocycles. The van der Waals surface area contributed by atoms with Crippen molar-refractivity contribution in [3.05, 3.63) is 90.0 Å². The van der Waals surface area contributed by atoms with E-state index in [1.54, 1.807) is 9.80 Å². The number of rotatable bonds is 7. The molecule has 2 heterocycles. The number of nitrogens with one attached hydrogen (secondary N) is 1. The van der Waals surface area contributed by atoms with Gasteiger partial charge in [-0.1, -0.05) is 12.1 Å². The second kappa shape index (κ2) is 10.7. The van der Waals surface area contributed by atoms with Crippen molar-refractivity contribution in [1.82, 2.24) is 4.90 Å². The van der Waals surface area contributed by atoms with Gasteiger partial charge >= 0.3 is 0 Å². The SMILES string of the molecule is O=C(CC1C(=O)N(c2ccc(F)cc2)C(=S)N1Cc1ccc(N2CCCC2=O)cc1)Nc1ccc(F)cc1. The van der Waals surface area contributed by atoms with Gasteiger partial charge in [-0.25, -0.2) is 8.78 Å². The number of nitrogens with zero attached hydrogens (tertiary/aromatic N) is 3. The van der Waals surface area contributed by atoms with E-state index in [2.05, 4.69) is 5.32 Å². The molecule has 2 aliphatic rings. The topological polar surface area (TPSA) is 73.0 Å². The molecule has 0 radical (unpaired) electrons. The molecule has 0 aromatic heterocycles. The maximum Gasteiger partial charge on any atom is 0.256 e. The Morgan fingerprint density at radius 1 is 0.895 bits per heavy atom. The maximum absolute atomic E-state index is 13.5. The Kier molecular flexibility index (Phi) is 7.15. The van der Waals surface area contributed by atoms with Crippen molar-refractivity contribution >= 4 is 52.1 Å². The fraction of sp³-hybridized carbons (Fsp3) is 0.214. The highest BCUT2D eigenvalue weighted by Crippen LogP contribution is 2.30. The van der Waals surface area contributed by atoms with Crippen LogP contribution in [0.25, 0.3) is 0 Å². The lowest BCUT2D eigenvalue weighted by atomic mass is 10.1. The highest BCUT2D eigenvalue weighted by molar-refractivity contribution is 7.80. The van der Waals surface area contributed by atoms with Crippen LogP contribution in [0.2, 0.25) is 0 Å². The second-order valence-corrected chi connectivity index (χ2v) is 9.52. The molecule has 194 valence electrons. The van der Waals surface area contributed by atoms with Gasteiger partial charge in [-0.2, -0.15) is 0 Å². The molecule has 0 bridgehead atoms. The van der Waals surface area contributed by atoms with Crippen molar-refractivity contribution in [2.75, 3.05) is 21.7 Å². The number of amides is 3. The molecule has 1 unspecified atom stereocenters. The Labute approximate surface area is 223 Å². The largest absolute Gasteiger partial charge is 0.332 e. The van der Waals surface area contributed by atoms with E-state index in [4.69, 9.17) is 12.2 Å². The fourth-order valence-electron chi connectivity index (χ4n) is 4.66. The van der Waals surface area contributed by atoms with E-state index in [1.165, 1.54) is 53.4 Å². The number of carbonyl (C=O) groups excluding carboxylic acids is 3. The van der Waals surface area contributed by atoms with E-state index in [0.29, 0.717) is 24.3 Å². The minimum Gasteiger partial charge on any atom is -0.332 e. The van der Waals surface area contributed by atoms with Crippen LogP contribution in [0.15, 0.2) is 72.8 Å². The normalized spacial score (nSPS) is 17.5. The van der Waals surface area contributed by atoms with Gasteiger partial charge < -0.3 is 15.1 Å². The predicted octanol–water partition coefficient (Wildman–Crippen LogP) is 4.62. The standard InChI is InChI=1S/C28H24F2N4O3S/c29-19-5-9-21(10-6-19)31-25(35)16-24-27(37)34(23-13-7-20(30)8-14-23)28(38)33(24)17-18-3-11-22(12-4-18)32-15-1-2-26(32)36/h3-14,24H,1-2,15-17H2,(H,31,35). The third-order valence-corrected chi connectivity index (χ3v) is 7.00. The average Bonchev–Trinajstić information content (AvgIpc) is 3.43. The first-order chi connectivity index (χ1) is 18.3. The fourth-order valence-corrected chi connectivity index (χ4v) is 5.05. The summed E-state index contributed by atoms with van der Waals surface area (Å²) in [7, 11) is 0. The van der Waals surface area contributed by atoms with Crippen LogP contribution < -0.4 is 15.1 Å². The van der Waals surface area contributed by atoms with Gasteiger partial charge in [0, 0.05) is 30.9 Å². The van der Waals surface area contributed by atoms with Crippen molar-refractivity contribution in [2.45, 2.75) is 31.8 Å². The molecule has 0 spiro atoms. The molecule has 7 nitrogen and oxygen atoms in total. The second-order valence-electron chi connectivity index (χ2n) is 9.15. The van der Waals surface area contributed by atoms with Gasteiger partial charge in [0.05, 0.1) is 12.1 Å². The molecule has 5 rings (SSSR count). The number of benzene rings is 3. The van der Waals surface area contributed by atoms with Crippen LogP contribution in [0.1, 0.15) is 24.8 Å². The van der Waals surface area contributed by atoms with E-state index in [-0.39, 0.29) is 24.0 Å². The summed E-state index contributed by atoms with van der Waals surface area (Å²) in [6, 6.07) is 17.3. The third kappa shape index (κ3) is 5.26. The van der Waals surface area contributed by atoms with E-state index in [0.717, 1.165) is 17.7 Å². The third-order valence-electron chi connectivity index (χ3n) is 6.58. The molecular weight excluding hydrogens is 510 g/mol. The van der Waals surface area contributed by atoms with Gasteiger partial charge in [0.1, 0.15) is 17.7 Å². The molecule has 1 N–H and O–H groups in total. The Morgan fingerprint density at radius 2 is 1.50 bits per heavy atom.